The number of likely N-dealkylation sites (tertiary alicyclic amines) is 1. The van der Waals surface area contributed by atoms with Gasteiger partial charge in [-0.15, -0.1) is 0 Å². The smallest absolute Gasteiger partial charge is 0.317 e. The zero-order chi connectivity index (χ0) is 17.8. The Morgan fingerprint density at radius 3 is 2.56 bits per heavy atom. The second kappa shape index (κ2) is 8.25. The van der Waals surface area contributed by atoms with E-state index >= 15 is 0 Å². The second-order valence-electron chi connectivity index (χ2n) is 8.08. The average molecular weight is 373 g/mol. The normalized spacial score (nSPS) is 30.3. The third-order valence-electron chi connectivity index (χ3n) is 5.95. The number of hydrogen-bond donors (Lipinski definition) is 1. The maximum absolute atomic E-state index is 12.4. The van der Waals surface area contributed by atoms with Crippen LogP contribution in [0.2, 0.25) is 0 Å². The summed E-state index contributed by atoms with van der Waals surface area (Å²) in [6.45, 7) is 2.37. The second-order valence-corrected chi connectivity index (χ2v) is 10.3. The van der Waals surface area contributed by atoms with Crippen molar-refractivity contribution in [2.24, 2.45) is 5.41 Å². The Hall–Kier alpha value is -0.820. The van der Waals surface area contributed by atoms with Crippen molar-refractivity contribution in [3.8, 4) is 0 Å². The molecule has 0 aromatic heterocycles. The van der Waals surface area contributed by atoms with Gasteiger partial charge >= 0.3 is 6.03 Å². The van der Waals surface area contributed by atoms with Crippen LogP contribution >= 0.6 is 0 Å². The molecular weight excluding hydrogens is 340 g/mol. The lowest BCUT2D eigenvalue weighted by molar-refractivity contribution is 0.0447. The highest BCUT2D eigenvalue weighted by Gasteiger charge is 2.45. The molecule has 0 aromatic carbocycles. The Morgan fingerprint density at radius 2 is 1.88 bits per heavy atom. The van der Waals surface area contributed by atoms with Gasteiger partial charge in [0.2, 0.25) is 0 Å². The Morgan fingerprint density at radius 1 is 1.12 bits per heavy atom. The van der Waals surface area contributed by atoms with Crippen LogP contribution in [0.5, 0.6) is 0 Å². The summed E-state index contributed by atoms with van der Waals surface area (Å²) in [4.78, 5) is 14.2. The molecule has 6 nitrogen and oxygen atoms in total. The molecule has 2 aliphatic heterocycles. The van der Waals surface area contributed by atoms with Crippen molar-refractivity contribution in [1.29, 1.82) is 0 Å². The number of ether oxygens (including phenoxy) is 1. The number of sulfone groups is 1. The summed E-state index contributed by atoms with van der Waals surface area (Å²) in [7, 11) is -2.92. The molecule has 144 valence electrons. The van der Waals surface area contributed by atoms with Crippen LogP contribution < -0.4 is 5.32 Å². The molecule has 0 radical (unpaired) electrons. The lowest BCUT2D eigenvalue weighted by Crippen LogP contribution is -2.50. The SMILES string of the molecule is O=C(NCCOC1CCCCCC1)N1CCCC2(CCS(=O)(=O)C2)C1. The van der Waals surface area contributed by atoms with Gasteiger partial charge in [0.15, 0.2) is 9.84 Å². The Bertz CT molecular complexity index is 557. The Balaban J connectivity index is 1.39. The first kappa shape index (κ1) is 19.0. The van der Waals surface area contributed by atoms with E-state index in [4.69, 9.17) is 4.74 Å². The van der Waals surface area contributed by atoms with Crippen molar-refractivity contribution in [3.63, 3.8) is 0 Å². The molecule has 3 aliphatic rings. The van der Waals surface area contributed by atoms with E-state index in [-0.39, 0.29) is 23.0 Å². The van der Waals surface area contributed by atoms with Crippen LogP contribution in [0, 0.1) is 5.41 Å². The van der Waals surface area contributed by atoms with E-state index in [0.29, 0.717) is 32.2 Å². The van der Waals surface area contributed by atoms with Gasteiger partial charge in [-0.3, -0.25) is 0 Å². The van der Waals surface area contributed by atoms with Crippen molar-refractivity contribution in [1.82, 2.24) is 10.2 Å². The topological polar surface area (TPSA) is 75.7 Å². The van der Waals surface area contributed by atoms with Crippen molar-refractivity contribution in [2.75, 3.05) is 37.7 Å². The molecule has 3 rings (SSSR count). The van der Waals surface area contributed by atoms with Crippen LogP contribution in [-0.2, 0) is 14.6 Å². The molecule has 25 heavy (non-hydrogen) atoms. The zero-order valence-corrected chi connectivity index (χ0v) is 16.0. The molecule has 1 atom stereocenters. The van der Waals surface area contributed by atoms with Gasteiger partial charge in [0.25, 0.3) is 0 Å². The Labute approximate surface area is 151 Å². The molecule has 1 N–H and O–H groups in total. The van der Waals surface area contributed by atoms with Gasteiger partial charge in [0.05, 0.1) is 24.2 Å². The lowest BCUT2D eigenvalue weighted by Gasteiger charge is -2.39. The molecule has 1 spiro atoms. The first-order valence-corrected chi connectivity index (χ1v) is 11.7. The number of carbonyl (C=O) groups is 1. The maximum atomic E-state index is 12.4. The molecule has 3 fully saturated rings. The molecule has 1 unspecified atom stereocenters. The molecule has 2 amide bonds. The molecular formula is C18H32N2O4S. The highest BCUT2D eigenvalue weighted by molar-refractivity contribution is 7.91. The van der Waals surface area contributed by atoms with E-state index in [9.17, 15) is 13.2 Å². The van der Waals surface area contributed by atoms with E-state index in [1.54, 1.807) is 4.90 Å². The molecule has 0 aromatic rings. The van der Waals surface area contributed by atoms with Crippen LogP contribution in [0.25, 0.3) is 0 Å². The van der Waals surface area contributed by atoms with Gasteiger partial charge in [0, 0.05) is 25.0 Å². The average Bonchev–Trinajstić information content (AvgIpc) is 2.77. The molecule has 7 heteroatoms. The van der Waals surface area contributed by atoms with Crippen LogP contribution in [0.4, 0.5) is 4.79 Å². The van der Waals surface area contributed by atoms with Gasteiger partial charge < -0.3 is 15.0 Å². The molecule has 0 bridgehead atoms. The highest BCUT2D eigenvalue weighted by Crippen LogP contribution is 2.40. The maximum Gasteiger partial charge on any atom is 0.317 e. The minimum absolute atomic E-state index is 0.0761. The molecule has 1 aliphatic carbocycles. The summed E-state index contributed by atoms with van der Waals surface area (Å²) < 4.78 is 29.6. The van der Waals surface area contributed by atoms with E-state index < -0.39 is 9.84 Å². The van der Waals surface area contributed by atoms with Crippen LogP contribution in [-0.4, -0.2) is 63.2 Å². The Kier molecular flexibility index (Phi) is 6.25. The van der Waals surface area contributed by atoms with E-state index in [1.807, 2.05) is 0 Å². The standard InChI is InChI=1S/C18H32N2O4S/c21-17(19-10-12-24-16-6-3-1-2-4-7-16)20-11-5-8-18(14-20)9-13-25(22,23)15-18/h16H,1-15H2,(H,19,21). The molecule has 2 saturated heterocycles. The fourth-order valence-corrected chi connectivity index (χ4v) is 6.79. The van der Waals surface area contributed by atoms with Gasteiger partial charge in [-0.05, 0) is 32.1 Å². The minimum atomic E-state index is -2.92. The number of carbonyl (C=O) groups excluding carboxylic acids is 1. The largest absolute Gasteiger partial charge is 0.376 e. The minimum Gasteiger partial charge on any atom is -0.376 e. The summed E-state index contributed by atoms with van der Waals surface area (Å²) in [5, 5.41) is 2.95. The van der Waals surface area contributed by atoms with E-state index in [1.165, 1.54) is 25.7 Å². The summed E-state index contributed by atoms with van der Waals surface area (Å²) >= 11 is 0. The van der Waals surface area contributed by atoms with Gasteiger partial charge in [-0.1, -0.05) is 25.7 Å². The number of hydrogen-bond acceptors (Lipinski definition) is 4. The zero-order valence-electron chi connectivity index (χ0n) is 15.2. The third-order valence-corrected chi connectivity index (χ3v) is 7.83. The van der Waals surface area contributed by atoms with Crippen molar-refractivity contribution < 1.29 is 17.9 Å². The number of nitrogens with zero attached hydrogens (tertiary/aromatic N) is 1. The first-order chi connectivity index (χ1) is 12.0. The quantitative estimate of drug-likeness (QED) is 0.607. The van der Waals surface area contributed by atoms with Crippen molar-refractivity contribution in [2.45, 2.75) is 63.9 Å². The summed E-state index contributed by atoms with van der Waals surface area (Å²) in [6.07, 6.45) is 10.2. The predicted molar refractivity (Wildman–Crippen MR) is 97.4 cm³/mol. The van der Waals surface area contributed by atoms with Gasteiger partial charge in [-0.2, -0.15) is 0 Å². The lowest BCUT2D eigenvalue weighted by atomic mass is 9.80. The summed E-state index contributed by atoms with van der Waals surface area (Å²) in [5.41, 5.74) is -0.203. The number of nitrogens with one attached hydrogen (secondary N) is 1. The van der Waals surface area contributed by atoms with E-state index in [2.05, 4.69) is 5.32 Å². The van der Waals surface area contributed by atoms with Crippen LogP contribution in [0.1, 0.15) is 57.8 Å². The summed E-state index contributed by atoms with van der Waals surface area (Å²) in [6, 6.07) is -0.0761. The van der Waals surface area contributed by atoms with Crippen LogP contribution in [0.3, 0.4) is 0 Å². The number of amides is 2. The highest BCUT2D eigenvalue weighted by atomic mass is 32.2. The summed E-state index contributed by atoms with van der Waals surface area (Å²) in [5.74, 6) is 0.520. The van der Waals surface area contributed by atoms with Crippen molar-refractivity contribution in [3.05, 3.63) is 0 Å². The molecule has 2 heterocycles. The van der Waals surface area contributed by atoms with Gasteiger partial charge in [0.1, 0.15) is 0 Å². The number of rotatable bonds is 4. The first-order valence-electron chi connectivity index (χ1n) is 9.83. The monoisotopic (exact) mass is 372 g/mol. The predicted octanol–water partition coefficient (Wildman–Crippen LogP) is 2.34. The number of urea groups is 1. The fourth-order valence-electron chi connectivity index (χ4n) is 4.59. The van der Waals surface area contributed by atoms with Gasteiger partial charge in [-0.25, -0.2) is 13.2 Å². The molecule has 1 saturated carbocycles. The van der Waals surface area contributed by atoms with Crippen LogP contribution in [0.15, 0.2) is 0 Å². The van der Waals surface area contributed by atoms with E-state index in [0.717, 1.165) is 32.2 Å². The fraction of sp³-hybridized carbons (Fsp3) is 0.944. The van der Waals surface area contributed by atoms with Crippen molar-refractivity contribution >= 4 is 15.9 Å². The number of piperidine rings is 1. The third kappa shape index (κ3) is 5.33.